The maximum atomic E-state index is 12.8. The van der Waals surface area contributed by atoms with Crippen molar-refractivity contribution in [1.29, 1.82) is 0 Å². The van der Waals surface area contributed by atoms with Crippen molar-refractivity contribution in [3.63, 3.8) is 0 Å². The minimum absolute atomic E-state index is 0.0979. The summed E-state index contributed by atoms with van der Waals surface area (Å²) in [6, 6.07) is 9.95. The SMILES string of the molecule is Cc1cc(C(=O)CSc2n[nH]c(-c3ccncc3)n2)c(C)n1CCc1cccs1. The number of hydrogen-bond acceptors (Lipinski definition) is 6. The van der Waals surface area contributed by atoms with E-state index < -0.39 is 0 Å². The van der Waals surface area contributed by atoms with Crippen LogP contribution in [0.3, 0.4) is 0 Å². The molecule has 29 heavy (non-hydrogen) atoms. The Morgan fingerprint density at radius 1 is 1.24 bits per heavy atom. The molecular weight excluding hydrogens is 402 g/mol. The van der Waals surface area contributed by atoms with Gasteiger partial charge < -0.3 is 4.57 Å². The van der Waals surface area contributed by atoms with Gasteiger partial charge in [-0.15, -0.1) is 16.4 Å². The Labute approximate surface area is 177 Å². The number of Topliss-reactive ketones (excluding diaryl/α,β-unsaturated/α-hetero) is 1. The number of H-pyrrole nitrogens is 1. The molecule has 0 amide bonds. The first-order chi connectivity index (χ1) is 14.1. The molecule has 0 bridgehead atoms. The third kappa shape index (κ3) is 4.49. The Balaban J connectivity index is 1.40. The zero-order valence-electron chi connectivity index (χ0n) is 16.3. The fourth-order valence-electron chi connectivity index (χ4n) is 3.26. The molecule has 0 spiro atoms. The normalized spacial score (nSPS) is 11.1. The third-order valence-electron chi connectivity index (χ3n) is 4.79. The molecule has 4 rings (SSSR count). The van der Waals surface area contributed by atoms with Crippen molar-refractivity contribution in [2.45, 2.75) is 32.0 Å². The summed E-state index contributed by atoms with van der Waals surface area (Å²) in [4.78, 5) is 22.6. The monoisotopic (exact) mass is 423 g/mol. The Morgan fingerprint density at radius 3 is 2.83 bits per heavy atom. The second kappa shape index (κ2) is 8.75. The average Bonchev–Trinajstić information content (AvgIpc) is 3.47. The number of aromatic amines is 1. The molecule has 0 aromatic carbocycles. The molecule has 0 saturated carbocycles. The van der Waals surface area contributed by atoms with E-state index in [1.54, 1.807) is 23.7 Å². The molecule has 0 saturated heterocycles. The number of ketones is 1. The van der Waals surface area contributed by atoms with Gasteiger partial charge in [-0.1, -0.05) is 17.8 Å². The van der Waals surface area contributed by atoms with Gasteiger partial charge in [-0.25, -0.2) is 4.98 Å². The standard InChI is InChI=1S/C21H21N5OS2/c1-14-12-18(15(2)26(14)10-7-17-4-3-11-28-17)19(27)13-29-21-23-20(24-25-21)16-5-8-22-9-6-16/h3-6,8-9,11-12H,7,10,13H2,1-2H3,(H,23,24,25). The molecule has 4 aromatic rings. The summed E-state index contributed by atoms with van der Waals surface area (Å²) in [5, 5.41) is 9.79. The van der Waals surface area contributed by atoms with Crippen molar-refractivity contribution in [3.8, 4) is 11.4 Å². The molecule has 0 radical (unpaired) electrons. The Hall–Kier alpha value is -2.71. The van der Waals surface area contributed by atoms with Crippen LogP contribution in [0.4, 0.5) is 0 Å². The highest BCUT2D eigenvalue weighted by atomic mass is 32.2. The maximum Gasteiger partial charge on any atom is 0.209 e. The molecule has 4 aromatic heterocycles. The van der Waals surface area contributed by atoms with Crippen molar-refractivity contribution >= 4 is 28.9 Å². The number of carbonyl (C=O) groups is 1. The lowest BCUT2D eigenvalue weighted by Gasteiger charge is -2.09. The van der Waals surface area contributed by atoms with Crippen LogP contribution in [0.2, 0.25) is 0 Å². The van der Waals surface area contributed by atoms with Crippen LogP contribution in [0.15, 0.2) is 53.3 Å². The highest BCUT2D eigenvalue weighted by molar-refractivity contribution is 7.99. The van der Waals surface area contributed by atoms with Gasteiger partial charge in [0, 0.05) is 46.3 Å². The molecule has 0 atom stereocenters. The fraction of sp³-hybridized carbons (Fsp3) is 0.238. The number of nitrogens with zero attached hydrogens (tertiary/aromatic N) is 4. The van der Waals surface area contributed by atoms with Crippen LogP contribution in [0.25, 0.3) is 11.4 Å². The molecule has 8 heteroatoms. The van der Waals surface area contributed by atoms with Crippen molar-refractivity contribution in [1.82, 2.24) is 24.7 Å². The number of aromatic nitrogens is 5. The van der Waals surface area contributed by atoms with Crippen molar-refractivity contribution in [3.05, 3.63) is 69.9 Å². The lowest BCUT2D eigenvalue weighted by Crippen LogP contribution is -2.08. The summed E-state index contributed by atoms with van der Waals surface area (Å²) in [6.45, 7) is 4.96. The predicted octanol–water partition coefficient (Wildman–Crippen LogP) is 4.56. The lowest BCUT2D eigenvalue weighted by atomic mass is 10.2. The van der Waals surface area contributed by atoms with Crippen LogP contribution in [-0.4, -0.2) is 36.3 Å². The van der Waals surface area contributed by atoms with E-state index >= 15 is 0 Å². The molecule has 6 nitrogen and oxygen atoms in total. The number of carbonyl (C=O) groups excluding carboxylic acids is 1. The van der Waals surface area contributed by atoms with E-state index in [4.69, 9.17) is 0 Å². The van der Waals surface area contributed by atoms with Gasteiger partial charge in [0.25, 0.3) is 0 Å². The van der Waals surface area contributed by atoms with E-state index in [9.17, 15) is 4.79 Å². The van der Waals surface area contributed by atoms with Crippen LogP contribution in [0.5, 0.6) is 0 Å². The first-order valence-electron chi connectivity index (χ1n) is 9.29. The minimum Gasteiger partial charge on any atom is -0.348 e. The molecule has 0 aliphatic rings. The smallest absolute Gasteiger partial charge is 0.209 e. The van der Waals surface area contributed by atoms with Gasteiger partial charge in [-0.05, 0) is 49.9 Å². The molecule has 0 aliphatic heterocycles. The van der Waals surface area contributed by atoms with Crippen molar-refractivity contribution in [2.24, 2.45) is 0 Å². The minimum atomic E-state index is 0.0979. The summed E-state index contributed by atoms with van der Waals surface area (Å²) in [7, 11) is 0. The number of thiophene rings is 1. The quantitative estimate of drug-likeness (QED) is 0.332. The summed E-state index contributed by atoms with van der Waals surface area (Å²) in [6.07, 6.45) is 4.40. The van der Waals surface area contributed by atoms with E-state index in [-0.39, 0.29) is 5.78 Å². The highest BCUT2D eigenvalue weighted by Crippen LogP contribution is 2.22. The fourth-order valence-corrected chi connectivity index (χ4v) is 4.64. The van der Waals surface area contributed by atoms with Gasteiger partial charge in [0.15, 0.2) is 11.6 Å². The van der Waals surface area contributed by atoms with E-state index in [0.717, 1.165) is 35.5 Å². The maximum absolute atomic E-state index is 12.8. The third-order valence-corrected chi connectivity index (χ3v) is 6.57. The van der Waals surface area contributed by atoms with E-state index in [1.807, 2.05) is 25.1 Å². The predicted molar refractivity (Wildman–Crippen MR) is 117 cm³/mol. The zero-order valence-corrected chi connectivity index (χ0v) is 17.9. The van der Waals surface area contributed by atoms with Crippen LogP contribution in [-0.2, 0) is 13.0 Å². The Bertz CT molecular complexity index is 1100. The summed E-state index contributed by atoms with van der Waals surface area (Å²) >= 11 is 3.12. The van der Waals surface area contributed by atoms with Gasteiger partial charge >= 0.3 is 0 Å². The topological polar surface area (TPSA) is 76.5 Å². The Kier molecular flexibility index (Phi) is 5.92. The number of pyridine rings is 1. The lowest BCUT2D eigenvalue weighted by molar-refractivity contribution is 0.102. The molecule has 148 valence electrons. The Morgan fingerprint density at radius 2 is 2.07 bits per heavy atom. The van der Waals surface area contributed by atoms with Gasteiger partial charge in [-0.3, -0.25) is 14.9 Å². The van der Waals surface area contributed by atoms with E-state index in [2.05, 4.69) is 49.2 Å². The van der Waals surface area contributed by atoms with Crippen LogP contribution < -0.4 is 0 Å². The molecular formula is C21H21N5OS2. The summed E-state index contributed by atoms with van der Waals surface area (Å²) < 4.78 is 2.23. The number of hydrogen-bond donors (Lipinski definition) is 1. The largest absolute Gasteiger partial charge is 0.348 e. The first-order valence-corrected chi connectivity index (χ1v) is 11.2. The number of nitrogens with one attached hydrogen (secondary N) is 1. The molecule has 4 heterocycles. The number of thioether (sulfide) groups is 1. The highest BCUT2D eigenvalue weighted by Gasteiger charge is 2.17. The zero-order chi connectivity index (χ0) is 20.2. The number of aryl methyl sites for hydroxylation is 2. The van der Waals surface area contributed by atoms with Gasteiger partial charge in [-0.2, -0.15) is 0 Å². The summed E-state index contributed by atoms with van der Waals surface area (Å²) in [5.41, 5.74) is 3.84. The van der Waals surface area contributed by atoms with E-state index in [1.165, 1.54) is 16.6 Å². The van der Waals surface area contributed by atoms with Crippen LogP contribution in [0, 0.1) is 13.8 Å². The average molecular weight is 424 g/mol. The van der Waals surface area contributed by atoms with Gasteiger partial charge in [0.1, 0.15) is 0 Å². The second-order valence-corrected chi connectivity index (χ2v) is 8.65. The first kappa shape index (κ1) is 19.6. The summed E-state index contributed by atoms with van der Waals surface area (Å²) in [5.74, 6) is 1.08. The number of rotatable bonds is 8. The van der Waals surface area contributed by atoms with Crippen molar-refractivity contribution < 1.29 is 4.79 Å². The van der Waals surface area contributed by atoms with Gasteiger partial charge in [0.05, 0.1) is 5.75 Å². The van der Waals surface area contributed by atoms with Gasteiger partial charge in [0.2, 0.25) is 5.16 Å². The second-order valence-electron chi connectivity index (χ2n) is 6.68. The molecule has 1 N–H and O–H groups in total. The van der Waals surface area contributed by atoms with Crippen LogP contribution >= 0.6 is 23.1 Å². The van der Waals surface area contributed by atoms with E-state index in [0.29, 0.717) is 16.7 Å². The van der Waals surface area contributed by atoms with Crippen molar-refractivity contribution in [2.75, 3.05) is 5.75 Å². The molecule has 0 fully saturated rings. The molecule has 0 unspecified atom stereocenters. The van der Waals surface area contributed by atoms with Crippen LogP contribution in [0.1, 0.15) is 26.6 Å². The molecule has 0 aliphatic carbocycles.